The van der Waals surface area contributed by atoms with Crippen molar-refractivity contribution in [1.82, 2.24) is 10.5 Å². The van der Waals surface area contributed by atoms with Gasteiger partial charge in [-0.1, -0.05) is 11.6 Å². The lowest BCUT2D eigenvalue weighted by atomic mass is 10.0. The maximum absolute atomic E-state index is 4.78. The lowest BCUT2D eigenvalue weighted by Gasteiger charge is -2.21. The van der Waals surface area contributed by atoms with Gasteiger partial charge in [0.05, 0.1) is 6.20 Å². The van der Waals surface area contributed by atoms with Crippen LogP contribution in [0.25, 0.3) is 0 Å². The molecule has 1 fully saturated rings. The van der Waals surface area contributed by atoms with Crippen molar-refractivity contribution < 1.29 is 4.52 Å². The predicted molar refractivity (Wildman–Crippen MR) is 41.1 cm³/mol. The minimum Gasteiger partial charge on any atom is -0.364 e. The molecule has 1 aliphatic rings. The van der Waals surface area contributed by atoms with E-state index in [1.807, 2.05) is 0 Å². The van der Waals surface area contributed by atoms with Crippen LogP contribution in [0.4, 0.5) is 0 Å². The van der Waals surface area contributed by atoms with Gasteiger partial charge in [-0.2, -0.15) is 0 Å². The van der Waals surface area contributed by atoms with Gasteiger partial charge in [0, 0.05) is 11.6 Å². The third-order valence-electron chi connectivity index (χ3n) is 2.16. The van der Waals surface area contributed by atoms with Gasteiger partial charge in [-0.3, -0.25) is 0 Å². The molecule has 2 heterocycles. The summed E-state index contributed by atoms with van der Waals surface area (Å²) in [4.78, 5) is 0. The third kappa shape index (κ3) is 1.43. The number of aromatic nitrogens is 1. The van der Waals surface area contributed by atoms with E-state index in [1.165, 1.54) is 24.8 Å². The molecule has 2 rings (SSSR count). The van der Waals surface area contributed by atoms with Gasteiger partial charge >= 0.3 is 0 Å². The zero-order valence-corrected chi connectivity index (χ0v) is 6.42. The zero-order chi connectivity index (χ0) is 7.52. The predicted octanol–water partition coefficient (Wildman–Crippen LogP) is 1.49. The summed E-state index contributed by atoms with van der Waals surface area (Å²) in [6, 6.07) is 0.481. The van der Waals surface area contributed by atoms with E-state index >= 15 is 0 Å². The van der Waals surface area contributed by atoms with Crippen LogP contribution >= 0.6 is 0 Å². The molecule has 0 aromatic carbocycles. The SMILES string of the molecule is c1nocc1C1CCCCN1. The number of nitrogens with zero attached hydrogens (tertiary/aromatic N) is 1. The van der Waals surface area contributed by atoms with Crippen molar-refractivity contribution in [3.8, 4) is 0 Å². The topological polar surface area (TPSA) is 38.1 Å². The molecule has 3 heteroatoms. The maximum atomic E-state index is 4.78. The Morgan fingerprint density at radius 2 is 2.55 bits per heavy atom. The van der Waals surface area contributed by atoms with E-state index in [9.17, 15) is 0 Å². The summed E-state index contributed by atoms with van der Waals surface area (Å²) in [5.74, 6) is 0. The first-order valence-corrected chi connectivity index (χ1v) is 4.09. The number of nitrogens with one attached hydrogen (secondary N) is 1. The summed E-state index contributed by atoms with van der Waals surface area (Å²) in [6.07, 6.45) is 7.33. The van der Waals surface area contributed by atoms with Crippen LogP contribution < -0.4 is 5.32 Å². The van der Waals surface area contributed by atoms with Gasteiger partial charge in [-0.25, -0.2) is 0 Å². The Morgan fingerprint density at radius 3 is 3.18 bits per heavy atom. The molecule has 60 valence electrons. The average molecular weight is 152 g/mol. The molecule has 0 aliphatic carbocycles. The molecular formula is C8H12N2O. The second-order valence-electron chi connectivity index (χ2n) is 2.96. The molecule has 1 unspecified atom stereocenters. The van der Waals surface area contributed by atoms with Crippen LogP contribution in [-0.2, 0) is 0 Å². The summed E-state index contributed by atoms with van der Waals surface area (Å²) < 4.78 is 4.78. The summed E-state index contributed by atoms with van der Waals surface area (Å²) in [7, 11) is 0. The summed E-state index contributed by atoms with van der Waals surface area (Å²) in [6.45, 7) is 1.12. The number of hydrogen-bond acceptors (Lipinski definition) is 3. The average Bonchev–Trinajstić information content (AvgIpc) is 2.58. The molecule has 1 aliphatic heterocycles. The van der Waals surface area contributed by atoms with Crippen molar-refractivity contribution in [3.05, 3.63) is 18.0 Å². The van der Waals surface area contributed by atoms with Crippen molar-refractivity contribution in [2.45, 2.75) is 25.3 Å². The van der Waals surface area contributed by atoms with E-state index in [0.29, 0.717) is 6.04 Å². The maximum Gasteiger partial charge on any atom is 0.128 e. The van der Waals surface area contributed by atoms with E-state index < -0.39 is 0 Å². The minimum atomic E-state index is 0.481. The van der Waals surface area contributed by atoms with Crippen LogP contribution in [0.3, 0.4) is 0 Å². The summed E-state index contributed by atoms with van der Waals surface area (Å²) in [5, 5.41) is 7.10. The van der Waals surface area contributed by atoms with Gasteiger partial charge in [0.2, 0.25) is 0 Å². The second-order valence-corrected chi connectivity index (χ2v) is 2.96. The molecule has 11 heavy (non-hydrogen) atoms. The minimum absolute atomic E-state index is 0.481. The van der Waals surface area contributed by atoms with Crippen LogP contribution in [0.1, 0.15) is 30.9 Å². The molecule has 1 saturated heterocycles. The highest BCUT2D eigenvalue weighted by Crippen LogP contribution is 2.21. The molecule has 0 saturated carbocycles. The van der Waals surface area contributed by atoms with Crippen LogP contribution in [0.5, 0.6) is 0 Å². The van der Waals surface area contributed by atoms with Crippen LogP contribution in [0.15, 0.2) is 17.0 Å². The highest BCUT2D eigenvalue weighted by molar-refractivity contribution is 5.08. The fourth-order valence-corrected chi connectivity index (χ4v) is 1.52. The molecule has 3 nitrogen and oxygen atoms in total. The molecule has 0 amide bonds. The second kappa shape index (κ2) is 3.05. The third-order valence-corrected chi connectivity index (χ3v) is 2.16. The Labute approximate surface area is 65.8 Å². The first kappa shape index (κ1) is 6.85. The molecule has 0 radical (unpaired) electrons. The van der Waals surface area contributed by atoms with E-state index in [0.717, 1.165) is 6.54 Å². The number of rotatable bonds is 1. The first-order valence-electron chi connectivity index (χ1n) is 4.09. The van der Waals surface area contributed by atoms with Crippen molar-refractivity contribution in [1.29, 1.82) is 0 Å². The van der Waals surface area contributed by atoms with Crippen molar-refractivity contribution in [2.75, 3.05) is 6.54 Å². The number of piperidine rings is 1. The first-order chi connectivity index (χ1) is 5.47. The van der Waals surface area contributed by atoms with Crippen LogP contribution in [-0.4, -0.2) is 11.7 Å². The largest absolute Gasteiger partial charge is 0.364 e. The molecule has 0 bridgehead atoms. The van der Waals surface area contributed by atoms with Gasteiger partial charge in [0.25, 0.3) is 0 Å². The monoisotopic (exact) mass is 152 g/mol. The molecule has 0 spiro atoms. The van der Waals surface area contributed by atoms with E-state index in [4.69, 9.17) is 4.52 Å². The zero-order valence-electron chi connectivity index (χ0n) is 6.42. The fraction of sp³-hybridized carbons (Fsp3) is 0.625. The van der Waals surface area contributed by atoms with E-state index in [2.05, 4.69) is 10.5 Å². The number of hydrogen-bond donors (Lipinski definition) is 1. The van der Waals surface area contributed by atoms with E-state index in [1.54, 1.807) is 12.5 Å². The van der Waals surface area contributed by atoms with Crippen molar-refractivity contribution in [2.24, 2.45) is 0 Å². The quantitative estimate of drug-likeness (QED) is 0.662. The van der Waals surface area contributed by atoms with Crippen molar-refractivity contribution >= 4 is 0 Å². The van der Waals surface area contributed by atoms with Crippen LogP contribution in [0.2, 0.25) is 0 Å². The Morgan fingerprint density at radius 1 is 1.55 bits per heavy atom. The van der Waals surface area contributed by atoms with Gasteiger partial charge in [0.15, 0.2) is 0 Å². The van der Waals surface area contributed by atoms with Gasteiger partial charge in [-0.15, -0.1) is 0 Å². The van der Waals surface area contributed by atoms with Gasteiger partial charge < -0.3 is 9.84 Å². The lowest BCUT2D eigenvalue weighted by Crippen LogP contribution is -2.26. The molecule has 1 atom stereocenters. The lowest BCUT2D eigenvalue weighted by molar-refractivity contribution is 0.398. The Hall–Kier alpha value is -0.830. The Kier molecular flexibility index (Phi) is 1.90. The standard InChI is InChI=1S/C8H12N2O/c1-2-4-9-8(3-1)7-5-10-11-6-7/h5-6,8-9H,1-4H2. The molecule has 1 aromatic rings. The van der Waals surface area contributed by atoms with Gasteiger partial charge in [-0.05, 0) is 19.4 Å². The highest BCUT2D eigenvalue weighted by atomic mass is 16.5. The fourth-order valence-electron chi connectivity index (χ4n) is 1.52. The van der Waals surface area contributed by atoms with Gasteiger partial charge in [0.1, 0.15) is 6.26 Å². The molecule has 1 aromatic heterocycles. The normalized spacial score (nSPS) is 25.3. The summed E-state index contributed by atoms with van der Waals surface area (Å²) >= 11 is 0. The highest BCUT2D eigenvalue weighted by Gasteiger charge is 2.15. The van der Waals surface area contributed by atoms with E-state index in [-0.39, 0.29) is 0 Å². The molecule has 1 N–H and O–H groups in total. The van der Waals surface area contributed by atoms with Crippen LogP contribution in [0, 0.1) is 0 Å². The molecular weight excluding hydrogens is 140 g/mol. The Balaban J connectivity index is 2.04. The van der Waals surface area contributed by atoms with Crippen molar-refractivity contribution in [3.63, 3.8) is 0 Å². The summed E-state index contributed by atoms with van der Waals surface area (Å²) in [5.41, 5.74) is 1.18. The Bertz CT molecular complexity index is 202. The smallest absolute Gasteiger partial charge is 0.128 e.